The topological polar surface area (TPSA) is 157 Å². The Morgan fingerprint density at radius 2 is 1.74 bits per heavy atom. The van der Waals surface area contributed by atoms with Crippen LogP contribution in [0.5, 0.6) is 11.5 Å². The van der Waals surface area contributed by atoms with Gasteiger partial charge < -0.3 is 14.8 Å². The average molecular weight is 516 g/mol. The van der Waals surface area contributed by atoms with Gasteiger partial charge in [-0.15, -0.1) is 0 Å². The molecule has 1 aliphatic heterocycles. The molecule has 192 valence electrons. The molecule has 0 saturated carbocycles. The second kappa shape index (κ2) is 11.0. The van der Waals surface area contributed by atoms with Crippen molar-refractivity contribution < 1.29 is 33.6 Å². The number of non-ortho nitro benzene ring substituents is 1. The molecule has 5 amide bonds. The first-order valence-electron chi connectivity index (χ1n) is 11.1. The number of nitrogens with zero attached hydrogens (tertiary/aromatic N) is 2. The van der Waals surface area contributed by atoms with Gasteiger partial charge >= 0.3 is 6.03 Å². The molecule has 0 unspecified atom stereocenters. The number of imide groups is 2. The summed E-state index contributed by atoms with van der Waals surface area (Å²) in [5.74, 6) is -1.76. The number of nitrogens with one attached hydrogen (secondary N) is 2. The van der Waals surface area contributed by atoms with Crippen molar-refractivity contribution in [2.75, 3.05) is 23.9 Å². The quantitative estimate of drug-likeness (QED) is 0.200. The molecule has 0 aliphatic carbocycles. The third-order valence-electron chi connectivity index (χ3n) is 5.36. The predicted octanol–water partition coefficient (Wildman–Crippen LogP) is 3.29. The van der Waals surface area contributed by atoms with E-state index in [0.717, 1.165) is 6.07 Å². The van der Waals surface area contributed by atoms with E-state index < -0.39 is 40.9 Å². The van der Waals surface area contributed by atoms with Gasteiger partial charge in [-0.05, 0) is 30.3 Å². The third kappa shape index (κ3) is 5.49. The number of methoxy groups -OCH3 is 1. The largest absolute Gasteiger partial charge is 0.495 e. The number of hydrogen-bond donors (Lipinski definition) is 2. The van der Waals surface area contributed by atoms with Gasteiger partial charge in [0.1, 0.15) is 17.1 Å². The summed E-state index contributed by atoms with van der Waals surface area (Å²) in [6, 6.07) is 17.0. The highest BCUT2D eigenvalue weighted by atomic mass is 16.6. The number of urea groups is 1. The van der Waals surface area contributed by atoms with Crippen LogP contribution >= 0.6 is 0 Å². The summed E-state index contributed by atoms with van der Waals surface area (Å²) in [4.78, 5) is 61.7. The Bertz CT molecular complexity index is 1480. The van der Waals surface area contributed by atoms with E-state index in [2.05, 4.69) is 10.6 Å². The molecule has 3 aromatic rings. The lowest BCUT2D eigenvalue weighted by atomic mass is 10.1. The molecule has 12 nitrogen and oxygen atoms in total. The molecule has 0 aromatic heterocycles. The minimum absolute atomic E-state index is 0.0855. The van der Waals surface area contributed by atoms with Gasteiger partial charge in [0, 0.05) is 17.7 Å². The van der Waals surface area contributed by atoms with E-state index in [1.807, 2.05) is 0 Å². The maximum Gasteiger partial charge on any atom is 0.335 e. The van der Waals surface area contributed by atoms with Crippen LogP contribution in [0, 0.1) is 10.1 Å². The predicted molar refractivity (Wildman–Crippen MR) is 136 cm³/mol. The van der Waals surface area contributed by atoms with Crippen LogP contribution in [0.4, 0.5) is 21.9 Å². The van der Waals surface area contributed by atoms with Crippen molar-refractivity contribution in [3.8, 4) is 11.5 Å². The van der Waals surface area contributed by atoms with Crippen molar-refractivity contribution in [1.82, 2.24) is 5.32 Å². The highest BCUT2D eigenvalue weighted by Crippen LogP contribution is 2.28. The average Bonchev–Trinajstić information content (AvgIpc) is 2.90. The summed E-state index contributed by atoms with van der Waals surface area (Å²) >= 11 is 0. The first-order chi connectivity index (χ1) is 18.3. The van der Waals surface area contributed by atoms with E-state index in [9.17, 15) is 29.3 Å². The Morgan fingerprint density at radius 1 is 1.03 bits per heavy atom. The van der Waals surface area contributed by atoms with Crippen LogP contribution in [0.1, 0.15) is 5.56 Å². The van der Waals surface area contributed by atoms with Crippen LogP contribution in [0.3, 0.4) is 0 Å². The lowest BCUT2D eigenvalue weighted by Crippen LogP contribution is -2.54. The molecule has 1 fully saturated rings. The summed E-state index contributed by atoms with van der Waals surface area (Å²) in [6.45, 7) is -0.392. The van der Waals surface area contributed by atoms with E-state index in [1.165, 1.54) is 37.5 Å². The summed E-state index contributed by atoms with van der Waals surface area (Å²) in [5, 5.41) is 15.9. The van der Waals surface area contributed by atoms with Crippen LogP contribution < -0.4 is 25.0 Å². The van der Waals surface area contributed by atoms with Crippen molar-refractivity contribution in [3.63, 3.8) is 0 Å². The summed E-state index contributed by atoms with van der Waals surface area (Å²) in [5.41, 5.74) is -0.0993. The number of rotatable bonds is 8. The van der Waals surface area contributed by atoms with E-state index in [1.54, 1.807) is 42.5 Å². The number of anilines is 2. The van der Waals surface area contributed by atoms with Gasteiger partial charge in [0.15, 0.2) is 6.61 Å². The number of ether oxygens (including phenoxy) is 2. The number of nitro groups is 1. The number of carbonyl (C=O) groups excluding carboxylic acids is 4. The summed E-state index contributed by atoms with van der Waals surface area (Å²) in [6.07, 6.45) is 1.21. The molecule has 1 aliphatic rings. The van der Waals surface area contributed by atoms with Gasteiger partial charge in [-0.25, -0.2) is 9.69 Å². The van der Waals surface area contributed by atoms with Crippen LogP contribution in [0.2, 0.25) is 0 Å². The lowest BCUT2D eigenvalue weighted by Gasteiger charge is -2.26. The summed E-state index contributed by atoms with van der Waals surface area (Å²) < 4.78 is 10.8. The highest BCUT2D eigenvalue weighted by molar-refractivity contribution is 6.39. The third-order valence-corrected chi connectivity index (χ3v) is 5.36. The number of nitro benzene ring substituents is 1. The SMILES string of the molecule is COc1ccccc1NC(=O)COc1ccccc1/C=C1/C(=O)NC(=O)N(c2cccc([N+](=O)[O-])c2)C1=O. The molecule has 38 heavy (non-hydrogen) atoms. The molecule has 1 heterocycles. The molecule has 2 N–H and O–H groups in total. The minimum Gasteiger partial charge on any atom is -0.495 e. The maximum atomic E-state index is 13.2. The van der Waals surface area contributed by atoms with Crippen molar-refractivity contribution in [2.24, 2.45) is 0 Å². The van der Waals surface area contributed by atoms with Crippen molar-refractivity contribution in [3.05, 3.63) is 94.0 Å². The second-order valence-electron chi connectivity index (χ2n) is 7.81. The Kier molecular flexibility index (Phi) is 7.43. The smallest absolute Gasteiger partial charge is 0.335 e. The van der Waals surface area contributed by atoms with E-state index in [0.29, 0.717) is 16.3 Å². The van der Waals surface area contributed by atoms with Gasteiger partial charge in [-0.3, -0.25) is 29.8 Å². The molecule has 4 rings (SSSR count). The molecule has 3 aromatic carbocycles. The van der Waals surface area contributed by atoms with E-state index >= 15 is 0 Å². The Labute approximate surface area is 215 Å². The van der Waals surface area contributed by atoms with Crippen molar-refractivity contribution in [2.45, 2.75) is 0 Å². The fourth-order valence-electron chi connectivity index (χ4n) is 3.60. The number of carbonyl (C=O) groups is 4. The molecule has 0 atom stereocenters. The number of benzene rings is 3. The molecule has 12 heteroatoms. The molecule has 0 radical (unpaired) electrons. The first kappa shape index (κ1) is 25.6. The number of hydrogen-bond acceptors (Lipinski definition) is 8. The van der Waals surface area contributed by atoms with Gasteiger partial charge in [0.2, 0.25) is 0 Å². The van der Waals surface area contributed by atoms with Crippen molar-refractivity contribution in [1.29, 1.82) is 0 Å². The Balaban J connectivity index is 1.56. The van der Waals surface area contributed by atoms with Crippen LogP contribution in [0.25, 0.3) is 6.08 Å². The minimum atomic E-state index is -1.05. The number of para-hydroxylation sites is 3. The standard InChI is InChI=1S/C26H20N4O8/c1-37-22-12-5-3-10-20(22)27-23(31)15-38-21-11-4-2-7-16(21)13-19-24(32)28-26(34)29(25(19)33)17-8-6-9-18(14-17)30(35)36/h2-14H,15H2,1H3,(H,27,31)(H,28,32,34)/b19-13-. The van der Waals surface area contributed by atoms with Crippen LogP contribution in [-0.4, -0.2) is 42.4 Å². The zero-order valence-electron chi connectivity index (χ0n) is 19.9. The number of barbiturate groups is 1. The molecule has 0 spiro atoms. The highest BCUT2D eigenvalue weighted by Gasteiger charge is 2.37. The fraction of sp³-hybridized carbons (Fsp3) is 0.0769. The number of amides is 5. The Hall–Kier alpha value is -5.52. The molecular formula is C26H20N4O8. The van der Waals surface area contributed by atoms with Crippen molar-refractivity contribution >= 4 is 46.9 Å². The summed E-state index contributed by atoms with van der Waals surface area (Å²) in [7, 11) is 1.47. The van der Waals surface area contributed by atoms with Crippen LogP contribution in [0.15, 0.2) is 78.4 Å². The van der Waals surface area contributed by atoms with Crippen LogP contribution in [-0.2, 0) is 14.4 Å². The first-order valence-corrected chi connectivity index (χ1v) is 11.1. The fourth-order valence-corrected chi connectivity index (χ4v) is 3.60. The van der Waals surface area contributed by atoms with Gasteiger partial charge in [0.25, 0.3) is 23.4 Å². The Morgan fingerprint density at radius 3 is 2.47 bits per heavy atom. The van der Waals surface area contributed by atoms with Gasteiger partial charge in [0.05, 0.1) is 23.4 Å². The maximum absolute atomic E-state index is 13.2. The zero-order valence-corrected chi connectivity index (χ0v) is 19.9. The zero-order chi connectivity index (χ0) is 27.2. The normalized spacial score (nSPS) is 14.2. The molecule has 1 saturated heterocycles. The lowest BCUT2D eigenvalue weighted by molar-refractivity contribution is -0.384. The van der Waals surface area contributed by atoms with Gasteiger partial charge in [-0.1, -0.05) is 36.4 Å². The molecular weight excluding hydrogens is 496 g/mol. The van der Waals surface area contributed by atoms with Gasteiger partial charge in [-0.2, -0.15) is 0 Å². The monoisotopic (exact) mass is 516 g/mol. The van der Waals surface area contributed by atoms with E-state index in [-0.39, 0.29) is 22.7 Å². The van der Waals surface area contributed by atoms with E-state index in [4.69, 9.17) is 9.47 Å². The second-order valence-corrected chi connectivity index (χ2v) is 7.81. The molecule has 0 bridgehead atoms.